The predicted molar refractivity (Wildman–Crippen MR) is 66.6 cm³/mol. The number of hydrogen-bond acceptors (Lipinski definition) is 4. The molecular formula is C12H18O4S. The number of aliphatic hydroxyl groups is 2. The highest BCUT2D eigenvalue weighted by atomic mass is 32.2. The van der Waals surface area contributed by atoms with Crippen LogP contribution in [0.5, 0.6) is 0 Å². The fourth-order valence-corrected chi connectivity index (χ4v) is 2.86. The summed E-state index contributed by atoms with van der Waals surface area (Å²) in [7, 11) is -3.31. The first-order valence-corrected chi connectivity index (χ1v) is 7.30. The SMILES string of the molecule is Cc1ccc(CCS(=O)(=O)C[C@H](O)CO)cc1. The molecule has 0 spiro atoms. The third kappa shape index (κ3) is 5.30. The van der Waals surface area contributed by atoms with Gasteiger partial charge in [-0.15, -0.1) is 0 Å². The highest BCUT2D eigenvalue weighted by Gasteiger charge is 2.16. The smallest absolute Gasteiger partial charge is 0.153 e. The molecule has 0 aromatic heterocycles. The van der Waals surface area contributed by atoms with Crippen molar-refractivity contribution in [2.75, 3.05) is 18.1 Å². The Hall–Kier alpha value is -0.910. The summed E-state index contributed by atoms with van der Waals surface area (Å²) in [6, 6.07) is 7.66. The van der Waals surface area contributed by atoms with E-state index in [4.69, 9.17) is 10.2 Å². The largest absolute Gasteiger partial charge is 0.394 e. The van der Waals surface area contributed by atoms with Crippen molar-refractivity contribution < 1.29 is 18.6 Å². The van der Waals surface area contributed by atoms with Crippen LogP contribution in [0.2, 0.25) is 0 Å². The van der Waals surface area contributed by atoms with Crippen LogP contribution in [0.1, 0.15) is 11.1 Å². The van der Waals surface area contributed by atoms with Crippen molar-refractivity contribution in [2.24, 2.45) is 0 Å². The van der Waals surface area contributed by atoms with Crippen molar-refractivity contribution in [1.29, 1.82) is 0 Å². The van der Waals surface area contributed by atoms with E-state index in [2.05, 4.69) is 0 Å². The van der Waals surface area contributed by atoms with Gasteiger partial charge < -0.3 is 10.2 Å². The molecule has 1 rings (SSSR count). The van der Waals surface area contributed by atoms with Gasteiger partial charge >= 0.3 is 0 Å². The van der Waals surface area contributed by atoms with Gasteiger partial charge in [0.25, 0.3) is 0 Å². The van der Waals surface area contributed by atoms with Crippen LogP contribution in [0, 0.1) is 6.92 Å². The Morgan fingerprint density at radius 2 is 1.82 bits per heavy atom. The molecule has 96 valence electrons. The molecule has 1 aromatic rings. The van der Waals surface area contributed by atoms with Crippen LogP contribution in [0.4, 0.5) is 0 Å². The van der Waals surface area contributed by atoms with E-state index in [1.807, 2.05) is 31.2 Å². The molecular weight excluding hydrogens is 240 g/mol. The topological polar surface area (TPSA) is 74.6 Å². The average Bonchev–Trinajstić information content (AvgIpc) is 2.28. The summed E-state index contributed by atoms with van der Waals surface area (Å²) < 4.78 is 23.1. The van der Waals surface area contributed by atoms with Crippen LogP contribution >= 0.6 is 0 Å². The fraction of sp³-hybridized carbons (Fsp3) is 0.500. The molecule has 0 fully saturated rings. The van der Waals surface area contributed by atoms with E-state index in [1.54, 1.807) is 0 Å². The standard InChI is InChI=1S/C12H18O4S/c1-10-2-4-11(5-3-10)6-7-17(15,16)9-12(14)8-13/h2-5,12-14H,6-9H2,1H3/t12-/m1/s1. The van der Waals surface area contributed by atoms with Crippen LogP contribution in [-0.4, -0.2) is 42.8 Å². The molecule has 1 aromatic carbocycles. The van der Waals surface area contributed by atoms with Gasteiger partial charge in [-0.05, 0) is 18.9 Å². The summed E-state index contributed by atoms with van der Waals surface area (Å²) in [5, 5.41) is 17.7. The van der Waals surface area contributed by atoms with Crippen LogP contribution in [-0.2, 0) is 16.3 Å². The van der Waals surface area contributed by atoms with Gasteiger partial charge in [0.15, 0.2) is 9.84 Å². The molecule has 0 aliphatic carbocycles. The highest BCUT2D eigenvalue weighted by Crippen LogP contribution is 2.06. The van der Waals surface area contributed by atoms with E-state index in [0.717, 1.165) is 11.1 Å². The zero-order valence-electron chi connectivity index (χ0n) is 9.83. The predicted octanol–water partition coefficient (Wildman–Crippen LogP) is 0.306. The third-order valence-corrected chi connectivity index (χ3v) is 4.20. The fourth-order valence-electron chi connectivity index (χ4n) is 1.46. The molecule has 0 unspecified atom stereocenters. The minimum atomic E-state index is -3.31. The number of aliphatic hydroxyl groups excluding tert-OH is 2. The molecule has 0 radical (unpaired) electrons. The molecule has 0 saturated heterocycles. The van der Waals surface area contributed by atoms with Crippen molar-refractivity contribution in [3.63, 3.8) is 0 Å². The van der Waals surface area contributed by atoms with Crippen LogP contribution in [0.3, 0.4) is 0 Å². The highest BCUT2D eigenvalue weighted by molar-refractivity contribution is 7.91. The zero-order valence-corrected chi connectivity index (χ0v) is 10.7. The molecule has 0 amide bonds. The average molecular weight is 258 g/mol. The Balaban J connectivity index is 2.52. The number of benzene rings is 1. The van der Waals surface area contributed by atoms with Crippen molar-refractivity contribution in [3.8, 4) is 0 Å². The molecule has 0 heterocycles. The Labute approximate surface area is 102 Å². The molecule has 1 atom stereocenters. The van der Waals surface area contributed by atoms with Crippen molar-refractivity contribution in [2.45, 2.75) is 19.4 Å². The second-order valence-electron chi connectivity index (χ2n) is 4.19. The summed E-state index contributed by atoms with van der Waals surface area (Å²) in [5.74, 6) is -0.386. The lowest BCUT2D eigenvalue weighted by molar-refractivity contribution is 0.112. The normalized spacial score (nSPS) is 13.6. The van der Waals surface area contributed by atoms with Crippen LogP contribution in [0.25, 0.3) is 0 Å². The number of rotatable bonds is 6. The van der Waals surface area contributed by atoms with Gasteiger partial charge in [-0.25, -0.2) is 8.42 Å². The first-order chi connectivity index (χ1) is 7.93. The molecule has 0 bridgehead atoms. The quantitative estimate of drug-likeness (QED) is 0.770. The first-order valence-electron chi connectivity index (χ1n) is 5.48. The van der Waals surface area contributed by atoms with Gasteiger partial charge in [0.2, 0.25) is 0 Å². The van der Waals surface area contributed by atoms with Gasteiger partial charge in [-0.3, -0.25) is 0 Å². The maximum Gasteiger partial charge on any atom is 0.153 e. The summed E-state index contributed by atoms with van der Waals surface area (Å²) in [5.41, 5.74) is 2.09. The first kappa shape index (κ1) is 14.2. The van der Waals surface area contributed by atoms with E-state index >= 15 is 0 Å². The van der Waals surface area contributed by atoms with E-state index in [9.17, 15) is 8.42 Å². The van der Waals surface area contributed by atoms with Crippen molar-refractivity contribution >= 4 is 9.84 Å². The lowest BCUT2D eigenvalue weighted by atomic mass is 10.1. The molecule has 4 nitrogen and oxygen atoms in total. The van der Waals surface area contributed by atoms with E-state index in [0.29, 0.717) is 6.42 Å². The molecule has 5 heteroatoms. The van der Waals surface area contributed by atoms with Gasteiger partial charge in [-0.1, -0.05) is 29.8 Å². The van der Waals surface area contributed by atoms with Crippen LogP contribution in [0.15, 0.2) is 24.3 Å². The summed E-state index contributed by atoms with van der Waals surface area (Å²) in [6.45, 7) is 1.45. The minimum Gasteiger partial charge on any atom is -0.394 e. The monoisotopic (exact) mass is 258 g/mol. The maximum atomic E-state index is 11.6. The van der Waals surface area contributed by atoms with Gasteiger partial charge in [0.05, 0.1) is 24.2 Å². The van der Waals surface area contributed by atoms with E-state index in [-0.39, 0.29) is 11.5 Å². The molecule has 0 saturated carbocycles. The maximum absolute atomic E-state index is 11.6. The lowest BCUT2D eigenvalue weighted by Crippen LogP contribution is -2.26. The number of hydrogen-bond donors (Lipinski definition) is 2. The number of sulfone groups is 1. The van der Waals surface area contributed by atoms with E-state index < -0.39 is 22.5 Å². The molecule has 2 N–H and O–H groups in total. The van der Waals surface area contributed by atoms with Crippen molar-refractivity contribution in [3.05, 3.63) is 35.4 Å². The zero-order chi connectivity index (χ0) is 12.9. The summed E-state index contributed by atoms with van der Waals surface area (Å²) in [4.78, 5) is 0. The molecule has 0 aliphatic rings. The second kappa shape index (κ2) is 6.14. The summed E-state index contributed by atoms with van der Waals surface area (Å²) in [6.07, 6.45) is -0.751. The Morgan fingerprint density at radius 1 is 1.24 bits per heavy atom. The number of aryl methyl sites for hydroxylation is 2. The van der Waals surface area contributed by atoms with Crippen LogP contribution < -0.4 is 0 Å². The second-order valence-corrected chi connectivity index (χ2v) is 6.42. The summed E-state index contributed by atoms with van der Waals surface area (Å²) >= 11 is 0. The minimum absolute atomic E-state index is 0.00682. The Morgan fingerprint density at radius 3 is 2.35 bits per heavy atom. The molecule has 0 aliphatic heterocycles. The molecule has 17 heavy (non-hydrogen) atoms. The Bertz CT molecular complexity index is 436. The van der Waals surface area contributed by atoms with E-state index in [1.165, 1.54) is 0 Å². The third-order valence-electron chi connectivity index (χ3n) is 2.48. The van der Waals surface area contributed by atoms with Gasteiger partial charge in [0.1, 0.15) is 0 Å². The van der Waals surface area contributed by atoms with Gasteiger partial charge in [-0.2, -0.15) is 0 Å². The van der Waals surface area contributed by atoms with Crippen molar-refractivity contribution in [1.82, 2.24) is 0 Å². The van der Waals surface area contributed by atoms with Gasteiger partial charge in [0, 0.05) is 0 Å². The lowest BCUT2D eigenvalue weighted by Gasteiger charge is -2.08. The Kier molecular flexibility index (Phi) is 5.11.